The minimum absolute atomic E-state index is 0.307. The summed E-state index contributed by atoms with van der Waals surface area (Å²) in [5.74, 6) is 0. The number of allylic oxidation sites excluding steroid dienone is 8. The van der Waals surface area contributed by atoms with Gasteiger partial charge >= 0.3 is 266 Å². The van der Waals surface area contributed by atoms with Crippen molar-refractivity contribution in [3.63, 3.8) is 0 Å². The van der Waals surface area contributed by atoms with Gasteiger partial charge in [0, 0.05) is 0 Å². The molecule has 0 saturated carbocycles. The Morgan fingerprint density at radius 2 is 0.610 bits per heavy atom. The van der Waals surface area contributed by atoms with Crippen LogP contribution in [0.2, 0.25) is 0 Å². The molecule has 0 aromatic rings. The van der Waals surface area contributed by atoms with E-state index in [-0.39, 0.29) is 0 Å². The van der Waals surface area contributed by atoms with Gasteiger partial charge in [-0.1, -0.05) is 0 Å². The Balaban J connectivity index is 2.99. The van der Waals surface area contributed by atoms with E-state index >= 15 is 0 Å². The quantitative estimate of drug-likeness (QED) is 0.108. The molecule has 0 saturated heterocycles. The van der Waals surface area contributed by atoms with E-state index in [1.165, 1.54) is 143 Å². The van der Waals surface area contributed by atoms with Crippen molar-refractivity contribution in [3.05, 3.63) is 42.4 Å². The van der Waals surface area contributed by atoms with Gasteiger partial charge in [0.15, 0.2) is 0 Å². The number of hydrogen-bond acceptors (Lipinski definition) is 0. The molecule has 0 aromatic carbocycles. The van der Waals surface area contributed by atoms with E-state index in [1.54, 1.807) is 0 Å². The molecule has 1 heteroatoms. The van der Waals surface area contributed by atoms with Crippen molar-refractivity contribution in [2.75, 3.05) is 0 Å². The molecule has 0 unspecified atom stereocenters. The molecule has 0 bridgehead atoms. The van der Waals surface area contributed by atoms with Crippen LogP contribution in [0.15, 0.2) is 42.4 Å². The molecule has 0 N–H and O–H groups in total. The van der Waals surface area contributed by atoms with Gasteiger partial charge in [-0.2, -0.15) is 0 Å². The second-order valence-corrected chi connectivity index (χ2v) is 14.6. The van der Waals surface area contributed by atoms with Gasteiger partial charge in [-0.25, -0.2) is 0 Å². The van der Waals surface area contributed by atoms with Gasteiger partial charge in [0.2, 0.25) is 0 Å². The van der Waals surface area contributed by atoms with Gasteiger partial charge < -0.3 is 0 Å². The zero-order valence-corrected chi connectivity index (χ0v) is 30.6. The third-order valence-corrected chi connectivity index (χ3v) is 12.1. The predicted molar refractivity (Wildman–Crippen MR) is 182 cm³/mol. The Morgan fingerprint density at radius 3 is 0.854 bits per heavy atom. The average molecular weight is 607 g/mol. The van der Waals surface area contributed by atoms with E-state index in [0.717, 1.165) is 0 Å². The summed E-state index contributed by atoms with van der Waals surface area (Å²) in [6.45, 7) is 24.4. The molecule has 0 nitrogen and oxygen atoms in total. The topological polar surface area (TPSA) is 0 Å². The Morgan fingerprint density at radius 1 is 0.341 bits per heavy atom. The molecule has 41 heavy (non-hydrogen) atoms. The molecule has 0 aliphatic heterocycles. The van der Waals surface area contributed by atoms with Crippen LogP contribution in [0, 0.1) is 10.8 Å². The molecule has 2 aliphatic rings. The molecule has 2 rings (SSSR count). The second-order valence-electron chi connectivity index (χ2n) is 13.2. The first-order valence-corrected chi connectivity index (χ1v) is 19.6. The van der Waals surface area contributed by atoms with Gasteiger partial charge in [0.1, 0.15) is 0 Å². The summed E-state index contributed by atoms with van der Waals surface area (Å²) in [5.41, 5.74) is 11.7. The van der Waals surface area contributed by atoms with E-state index < -0.39 is 0 Å². The zero-order chi connectivity index (χ0) is 30.5. The first-order chi connectivity index (χ1) is 19.9. The summed E-state index contributed by atoms with van der Waals surface area (Å²) in [7, 11) is 0. The summed E-state index contributed by atoms with van der Waals surface area (Å²) in [4.78, 5) is 0. The maximum atomic E-state index is 2.46. The van der Waals surface area contributed by atoms with Crippen molar-refractivity contribution in [2.45, 2.75) is 198 Å². The Labute approximate surface area is 264 Å². The van der Waals surface area contributed by atoms with Crippen LogP contribution in [0.1, 0.15) is 198 Å². The van der Waals surface area contributed by atoms with Gasteiger partial charge in [0.25, 0.3) is 0 Å². The average Bonchev–Trinajstić information content (AvgIpc) is 3.29. The van der Waals surface area contributed by atoms with Crippen LogP contribution in [0.4, 0.5) is 0 Å². The van der Waals surface area contributed by atoms with E-state index in [0.29, 0.717) is 10.8 Å². The van der Waals surface area contributed by atoms with Crippen LogP contribution in [0.5, 0.6) is 0 Å². The summed E-state index contributed by atoms with van der Waals surface area (Å²) >= 11 is 1.27. The van der Waals surface area contributed by atoms with E-state index in [4.69, 9.17) is 0 Å². The first-order valence-electron chi connectivity index (χ1n) is 18.5. The molecule has 0 atom stereocenters. The van der Waals surface area contributed by atoms with Crippen molar-refractivity contribution in [1.29, 1.82) is 0 Å². The fourth-order valence-electron chi connectivity index (χ4n) is 8.79. The summed E-state index contributed by atoms with van der Waals surface area (Å²) in [6, 6.07) is 0. The second kappa shape index (κ2) is 18.3. The van der Waals surface area contributed by atoms with Crippen molar-refractivity contribution in [1.82, 2.24) is 0 Å². The van der Waals surface area contributed by atoms with Gasteiger partial charge in [-0.05, 0) is 0 Å². The van der Waals surface area contributed by atoms with Gasteiger partial charge in [0.05, 0.1) is 0 Å². The van der Waals surface area contributed by atoms with Gasteiger partial charge in [-0.3, -0.25) is 0 Å². The molecule has 0 aromatic heterocycles. The van der Waals surface area contributed by atoms with E-state index in [1.807, 2.05) is 42.4 Å². The fourth-order valence-corrected chi connectivity index (χ4v) is 11.4. The number of hydrogen-bond donors (Lipinski definition) is 0. The molecule has 0 radical (unpaired) electrons. The van der Waals surface area contributed by atoms with Crippen LogP contribution < -0.4 is 0 Å². The van der Waals surface area contributed by atoms with Crippen LogP contribution in [0.3, 0.4) is 0 Å². The molecule has 0 spiro atoms. The van der Waals surface area contributed by atoms with Crippen LogP contribution in [-0.2, 0) is 15.0 Å². The van der Waals surface area contributed by atoms with E-state index in [2.05, 4.69) is 69.2 Å². The maximum absolute atomic E-state index is 2.46. The molecular formula is C40H70Fe. The van der Waals surface area contributed by atoms with E-state index in [9.17, 15) is 0 Å². The monoisotopic (exact) mass is 606 g/mol. The molecule has 0 amide bonds. The summed E-state index contributed by atoms with van der Waals surface area (Å²) in [6.07, 6.45) is 26.1. The Kier molecular flexibility index (Phi) is 16.4. The third kappa shape index (κ3) is 7.59. The van der Waals surface area contributed by atoms with Crippen LogP contribution >= 0.6 is 0 Å². The molecule has 0 heterocycles. The molecule has 0 fully saturated rings. The first kappa shape index (κ1) is 36.7. The SMILES string of the molecule is CCCC1=C(CCC)C(CCC)(CCC)[C]([Fe][C]2=C(CCC)C(CCC)=C(CCC)C2(CCC)CCC)=C1CCC. The standard InChI is InChI=1S/2C20H35.Fe/c2*1-6-11-17-16-20(14-9-4,15-10-5)19(13-8-3)18(17)12-7-2;/h2*6-15H2,1-5H3;. The fraction of sp³-hybridized carbons (Fsp3) is 0.800. The van der Waals surface area contributed by atoms with Crippen molar-refractivity contribution < 1.29 is 15.0 Å². The third-order valence-electron chi connectivity index (χ3n) is 9.83. The predicted octanol–water partition coefficient (Wildman–Crippen LogP) is 14.2. The van der Waals surface area contributed by atoms with Crippen LogP contribution in [0.25, 0.3) is 0 Å². The zero-order valence-electron chi connectivity index (χ0n) is 29.5. The minimum atomic E-state index is 0.307. The van der Waals surface area contributed by atoms with Crippen LogP contribution in [-0.4, -0.2) is 0 Å². The molecular weight excluding hydrogens is 536 g/mol. The Hall–Kier alpha value is -0.521. The van der Waals surface area contributed by atoms with Gasteiger partial charge in [-0.15, -0.1) is 0 Å². The van der Waals surface area contributed by atoms with Crippen molar-refractivity contribution in [3.8, 4) is 0 Å². The summed E-state index contributed by atoms with van der Waals surface area (Å²) < 4.78 is 3.84. The normalized spacial score (nSPS) is 18.7. The van der Waals surface area contributed by atoms with Crippen molar-refractivity contribution >= 4 is 0 Å². The summed E-state index contributed by atoms with van der Waals surface area (Å²) in [5, 5.41) is 0. The van der Waals surface area contributed by atoms with Crippen molar-refractivity contribution in [2.24, 2.45) is 10.8 Å². The molecule has 2 aliphatic carbocycles. The molecule has 238 valence electrons. The Bertz CT molecular complexity index is 848. The number of rotatable bonds is 22.